The number of carboxylic acids is 1. The van der Waals surface area contributed by atoms with Gasteiger partial charge in [-0.1, -0.05) is 28.1 Å². The summed E-state index contributed by atoms with van der Waals surface area (Å²) in [7, 11) is 0. The minimum Gasteiger partial charge on any atom is -0.494 e. The molecule has 0 spiro atoms. The number of hydrogen-bond acceptors (Lipinski definition) is 5. The third kappa shape index (κ3) is 4.32. The first-order valence-corrected chi connectivity index (χ1v) is 11.4. The second-order valence-corrected chi connectivity index (χ2v) is 9.16. The summed E-state index contributed by atoms with van der Waals surface area (Å²) in [6, 6.07) is 14.2. The van der Waals surface area contributed by atoms with E-state index in [1.165, 1.54) is 0 Å². The predicted octanol–water partition coefficient (Wildman–Crippen LogP) is 5.34. The first-order chi connectivity index (χ1) is 14.1. The molecule has 7 heteroatoms. The van der Waals surface area contributed by atoms with E-state index in [0.29, 0.717) is 19.4 Å². The van der Waals surface area contributed by atoms with Crippen molar-refractivity contribution in [3.05, 3.63) is 57.5 Å². The van der Waals surface area contributed by atoms with Gasteiger partial charge in [0.05, 0.1) is 28.8 Å². The Hall–Kier alpha value is -1.96. The number of rotatable bonds is 6. The molecule has 5 nitrogen and oxygen atoms in total. The molecule has 1 aliphatic rings. The highest BCUT2D eigenvalue weighted by atomic mass is 79.9. The van der Waals surface area contributed by atoms with Gasteiger partial charge in [0.15, 0.2) is 0 Å². The van der Waals surface area contributed by atoms with Gasteiger partial charge in [0, 0.05) is 10.0 Å². The van der Waals surface area contributed by atoms with E-state index in [1.807, 2.05) is 37.3 Å². The molecule has 0 amide bonds. The summed E-state index contributed by atoms with van der Waals surface area (Å²) >= 11 is 5.30. The van der Waals surface area contributed by atoms with Crippen LogP contribution in [-0.2, 0) is 4.79 Å². The third-order valence-corrected chi connectivity index (χ3v) is 6.94. The summed E-state index contributed by atoms with van der Waals surface area (Å²) in [6.45, 7) is 4.00. The Bertz CT molecular complexity index is 981. The molecule has 2 heterocycles. The largest absolute Gasteiger partial charge is 0.494 e. The molecule has 0 aliphatic carbocycles. The van der Waals surface area contributed by atoms with Crippen molar-refractivity contribution in [2.45, 2.75) is 25.8 Å². The average Bonchev–Trinajstić information content (AvgIpc) is 3.14. The lowest BCUT2D eigenvalue weighted by Gasteiger charge is -2.36. The Morgan fingerprint density at radius 3 is 2.76 bits per heavy atom. The Balaban J connectivity index is 1.78. The molecule has 1 atom stereocenters. The van der Waals surface area contributed by atoms with Crippen molar-refractivity contribution < 1.29 is 14.6 Å². The Morgan fingerprint density at radius 1 is 1.31 bits per heavy atom. The zero-order valence-corrected chi connectivity index (χ0v) is 18.6. The second kappa shape index (κ2) is 8.81. The number of likely N-dealkylation sites (tertiary alicyclic amines) is 1. The minimum atomic E-state index is -0.696. The Kier molecular flexibility index (Phi) is 6.18. The molecule has 3 aromatic rings. The number of benzene rings is 2. The molecule has 29 heavy (non-hydrogen) atoms. The van der Waals surface area contributed by atoms with Gasteiger partial charge in [0.1, 0.15) is 10.8 Å². The molecule has 1 saturated heterocycles. The van der Waals surface area contributed by atoms with E-state index in [2.05, 4.69) is 33.0 Å². The lowest BCUT2D eigenvalue weighted by Crippen LogP contribution is -2.39. The van der Waals surface area contributed by atoms with Crippen LogP contribution in [0.5, 0.6) is 5.75 Å². The fraction of sp³-hybridized carbons (Fsp3) is 0.364. The van der Waals surface area contributed by atoms with Crippen molar-refractivity contribution in [2.24, 2.45) is 5.92 Å². The number of halogens is 1. The van der Waals surface area contributed by atoms with Gasteiger partial charge in [0.2, 0.25) is 0 Å². The smallest absolute Gasteiger partial charge is 0.306 e. The van der Waals surface area contributed by atoms with Crippen LogP contribution in [0, 0.1) is 5.92 Å². The number of hydrogen-bond donors (Lipinski definition) is 1. The zero-order chi connectivity index (χ0) is 20.4. The lowest BCUT2D eigenvalue weighted by atomic mass is 9.94. The van der Waals surface area contributed by atoms with Gasteiger partial charge >= 0.3 is 5.97 Å². The van der Waals surface area contributed by atoms with E-state index in [9.17, 15) is 9.90 Å². The highest BCUT2D eigenvalue weighted by Crippen LogP contribution is 2.41. The second-order valence-electron chi connectivity index (χ2n) is 7.19. The number of ether oxygens (including phenoxy) is 1. The molecule has 1 aromatic heterocycles. The standard InChI is InChI=1S/C22H23BrN2O3S/c1-2-28-18-8-7-15(23)13-16(18)20(25-11-9-14(10-12-25)22(26)27)21-24-17-5-3-4-6-19(17)29-21/h3-8,13-14,20H,2,9-12H2,1H3,(H,26,27). The molecule has 0 saturated carbocycles. The number of carboxylic acid groups (broad SMARTS) is 1. The maximum atomic E-state index is 11.4. The van der Waals surface area contributed by atoms with E-state index in [4.69, 9.17) is 9.72 Å². The third-order valence-electron chi connectivity index (χ3n) is 5.35. The summed E-state index contributed by atoms with van der Waals surface area (Å²) in [6.07, 6.45) is 1.30. The van der Waals surface area contributed by atoms with E-state index < -0.39 is 5.97 Å². The maximum absolute atomic E-state index is 11.4. The Labute approximate surface area is 182 Å². The molecule has 1 aliphatic heterocycles. The molecule has 1 unspecified atom stereocenters. The van der Waals surface area contributed by atoms with Crippen LogP contribution in [0.4, 0.5) is 0 Å². The monoisotopic (exact) mass is 474 g/mol. The van der Waals surface area contributed by atoms with Crippen molar-refractivity contribution in [1.82, 2.24) is 9.88 Å². The van der Waals surface area contributed by atoms with Gasteiger partial charge < -0.3 is 9.84 Å². The van der Waals surface area contributed by atoms with Crippen LogP contribution < -0.4 is 4.74 Å². The van der Waals surface area contributed by atoms with Gasteiger partial charge in [-0.05, 0) is 63.2 Å². The highest BCUT2D eigenvalue weighted by molar-refractivity contribution is 9.10. The van der Waals surface area contributed by atoms with E-state index >= 15 is 0 Å². The van der Waals surface area contributed by atoms with Crippen molar-refractivity contribution in [2.75, 3.05) is 19.7 Å². The number of thiazole rings is 1. The SMILES string of the molecule is CCOc1ccc(Br)cc1C(c1nc2ccccc2s1)N1CCC(C(=O)O)CC1. The lowest BCUT2D eigenvalue weighted by molar-refractivity contribution is -0.143. The molecule has 1 N–H and O–H groups in total. The van der Waals surface area contributed by atoms with Crippen molar-refractivity contribution >= 4 is 43.5 Å². The molecular weight excluding hydrogens is 452 g/mol. The fourth-order valence-corrected chi connectivity index (χ4v) is 5.42. The van der Waals surface area contributed by atoms with E-state index in [0.717, 1.165) is 44.1 Å². The molecule has 4 rings (SSSR count). The topological polar surface area (TPSA) is 62.7 Å². The van der Waals surface area contributed by atoms with Crippen LogP contribution in [0.25, 0.3) is 10.2 Å². The van der Waals surface area contributed by atoms with Gasteiger partial charge in [-0.25, -0.2) is 4.98 Å². The number of fused-ring (bicyclic) bond motifs is 1. The minimum absolute atomic E-state index is 0.0683. The summed E-state index contributed by atoms with van der Waals surface area (Å²) in [5, 5.41) is 10.4. The number of aromatic nitrogens is 1. The van der Waals surface area contributed by atoms with Crippen molar-refractivity contribution in [3.8, 4) is 5.75 Å². The normalized spacial score (nSPS) is 16.8. The zero-order valence-electron chi connectivity index (χ0n) is 16.2. The summed E-state index contributed by atoms with van der Waals surface area (Å²) in [4.78, 5) is 18.7. The van der Waals surface area contributed by atoms with Crippen LogP contribution in [-0.4, -0.2) is 40.7 Å². The van der Waals surface area contributed by atoms with Crippen LogP contribution >= 0.6 is 27.3 Å². The number of nitrogens with zero attached hydrogens (tertiary/aromatic N) is 2. The maximum Gasteiger partial charge on any atom is 0.306 e. The Morgan fingerprint density at radius 2 is 2.07 bits per heavy atom. The highest BCUT2D eigenvalue weighted by Gasteiger charge is 2.33. The van der Waals surface area contributed by atoms with Gasteiger partial charge in [-0.2, -0.15) is 0 Å². The van der Waals surface area contributed by atoms with Crippen molar-refractivity contribution in [3.63, 3.8) is 0 Å². The average molecular weight is 475 g/mol. The molecule has 152 valence electrons. The van der Waals surface area contributed by atoms with Crippen LogP contribution in [0.3, 0.4) is 0 Å². The number of para-hydroxylation sites is 1. The van der Waals surface area contributed by atoms with E-state index in [-0.39, 0.29) is 12.0 Å². The fourth-order valence-electron chi connectivity index (χ4n) is 3.92. The number of carbonyl (C=O) groups is 1. The molecule has 0 bridgehead atoms. The van der Waals surface area contributed by atoms with Gasteiger partial charge in [-0.3, -0.25) is 9.69 Å². The molecule has 0 radical (unpaired) electrons. The van der Waals surface area contributed by atoms with Crippen molar-refractivity contribution in [1.29, 1.82) is 0 Å². The van der Waals surface area contributed by atoms with Crippen LogP contribution in [0.1, 0.15) is 36.4 Å². The molecule has 1 fully saturated rings. The predicted molar refractivity (Wildman–Crippen MR) is 119 cm³/mol. The molecule has 2 aromatic carbocycles. The van der Waals surface area contributed by atoms with E-state index in [1.54, 1.807) is 11.3 Å². The number of piperidine rings is 1. The van der Waals surface area contributed by atoms with Gasteiger partial charge in [0.25, 0.3) is 0 Å². The summed E-state index contributed by atoms with van der Waals surface area (Å²) < 4.78 is 8.10. The summed E-state index contributed by atoms with van der Waals surface area (Å²) in [5.74, 6) is -0.116. The van der Waals surface area contributed by atoms with Gasteiger partial charge in [-0.15, -0.1) is 11.3 Å². The molecular formula is C22H23BrN2O3S. The summed E-state index contributed by atoms with van der Waals surface area (Å²) in [5.41, 5.74) is 2.06. The van der Waals surface area contributed by atoms with Crippen LogP contribution in [0.15, 0.2) is 46.9 Å². The van der Waals surface area contributed by atoms with Crippen LogP contribution in [0.2, 0.25) is 0 Å². The first kappa shape index (κ1) is 20.3. The number of aliphatic carboxylic acids is 1. The first-order valence-electron chi connectivity index (χ1n) is 9.81. The quantitative estimate of drug-likeness (QED) is 0.521.